The molecule has 2 atom stereocenters. The molecule has 6 heteroatoms. The van der Waals surface area contributed by atoms with Crippen LogP contribution >= 0.6 is 0 Å². The first-order valence-corrected chi connectivity index (χ1v) is 10.3. The summed E-state index contributed by atoms with van der Waals surface area (Å²) >= 11 is 0. The summed E-state index contributed by atoms with van der Waals surface area (Å²) in [5, 5.41) is 3.10. The number of nitrogen functional groups attached to an aromatic ring is 1. The van der Waals surface area contributed by atoms with Gasteiger partial charge in [0.1, 0.15) is 5.82 Å². The molecular weight excluding hydrogens is 388 g/mol. The van der Waals surface area contributed by atoms with E-state index in [1.807, 2.05) is 42.5 Å². The fourth-order valence-electron chi connectivity index (χ4n) is 3.86. The molecule has 156 valence electrons. The highest BCUT2D eigenvalue weighted by Gasteiger charge is 2.30. The number of carbonyl (C=O) groups is 1. The molecule has 1 aliphatic rings. The van der Waals surface area contributed by atoms with Gasteiger partial charge in [0.15, 0.2) is 5.69 Å². The Hall–Kier alpha value is -3.69. The lowest BCUT2D eigenvalue weighted by Gasteiger charge is -2.22. The van der Waals surface area contributed by atoms with E-state index in [0.717, 1.165) is 36.0 Å². The van der Waals surface area contributed by atoms with Crippen LogP contribution < -0.4 is 11.1 Å². The Morgan fingerprint density at radius 1 is 1.13 bits per heavy atom. The Morgan fingerprint density at radius 2 is 1.90 bits per heavy atom. The normalized spacial score (nSPS) is 17.8. The molecule has 0 aliphatic heterocycles. The minimum Gasteiger partial charge on any atom is -0.383 e. The van der Waals surface area contributed by atoms with Crippen molar-refractivity contribution < 1.29 is 9.53 Å². The van der Waals surface area contributed by atoms with Gasteiger partial charge in [0.25, 0.3) is 5.91 Å². The zero-order chi connectivity index (χ0) is 21.6. The van der Waals surface area contributed by atoms with E-state index in [9.17, 15) is 4.79 Å². The number of benzene rings is 2. The fourth-order valence-corrected chi connectivity index (χ4v) is 3.86. The molecule has 3 aromatic rings. The Morgan fingerprint density at radius 3 is 2.65 bits per heavy atom. The summed E-state index contributed by atoms with van der Waals surface area (Å²) in [6.45, 7) is 7.60. The Bertz CT molecular complexity index is 1090. The van der Waals surface area contributed by atoms with Crippen molar-refractivity contribution in [3.8, 4) is 11.1 Å². The molecule has 3 N–H and O–H groups in total. The summed E-state index contributed by atoms with van der Waals surface area (Å²) in [7, 11) is 0. The number of carbonyl (C=O) groups excluding carboxylic acids is 1. The molecule has 1 saturated carbocycles. The highest BCUT2D eigenvalue weighted by atomic mass is 16.5. The van der Waals surface area contributed by atoms with Crippen LogP contribution in [-0.4, -0.2) is 23.0 Å². The maximum Gasteiger partial charge on any atom is 0.255 e. The van der Waals surface area contributed by atoms with E-state index in [-0.39, 0.29) is 23.9 Å². The number of rotatable bonds is 6. The van der Waals surface area contributed by atoms with Gasteiger partial charge in [-0.05, 0) is 36.5 Å². The molecule has 31 heavy (non-hydrogen) atoms. The first-order chi connectivity index (χ1) is 15.1. The molecule has 0 saturated heterocycles. The summed E-state index contributed by atoms with van der Waals surface area (Å²) < 4.78 is 6.10. The fraction of sp³-hybridized carbons (Fsp3) is 0.240. The maximum atomic E-state index is 13.0. The Labute approximate surface area is 181 Å². The van der Waals surface area contributed by atoms with Gasteiger partial charge in [0.05, 0.1) is 30.9 Å². The molecule has 1 heterocycles. The zero-order valence-corrected chi connectivity index (χ0v) is 17.1. The van der Waals surface area contributed by atoms with Crippen molar-refractivity contribution in [1.29, 1.82) is 0 Å². The average Bonchev–Trinajstić information content (AvgIpc) is 3.25. The van der Waals surface area contributed by atoms with E-state index in [2.05, 4.69) is 15.1 Å². The third kappa shape index (κ3) is 4.90. The molecule has 2 aromatic carbocycles. The van der Waals surface area contributed by atoms with Crippen LogP contribution in [0.2, 0.25) is 0 Å². The van der Waals surface area contributed by atoms with Crippen molar-refractivity contribution in [3.05, 3.63) is 89.4 Å². The summed E-state index contributed by atoms with van der Waals surface area (Å²) in [4.78, 5) is 20.6. The van der Waals surface area contributed by atoms with E-state index in [1.54, 1.807) is 24.4 Å². The van der Waals surface area contributed by atoms with Crippen molar-refractivity contribution in [2.24, 2.45) is 0 Å². The summed E-state index contributed by atoms with van der Waals surface area (Å²) in [6, 6.07) is 18.9. The Kier molecular flexibility index (Phi) is 6.25. The monoisotopic (exact) mass is 412 g/mol. The number of aromatic nitrogens is 1. The quantitative estimate of drug-likeness (QED) is 0.573. The predicted octanol–water partition coefficient (Wildman–Crippen LogP) is 4.75. The van der Waals surface area contributed by atoms with E-state index in [4.69, 9.17) is 17.0 Å². The van der Waals surface area contributed by atoms with E-state index >= 15 is 0 Å². The Balaban J connectivity index is 1.45. The maximum absolute atomic E-state index is 13.0. The molecule has 0 bridgehead atoms. The van der Waals surface area contributed by atoms with Gasteiger partial charge in [0, 0.05) is 11.8 Å². The second kappa shape index (κ2) is 9.41. The molecule has 1 aromatic heterocycles. The predicted molar refractivity (Wildman–Crippen MR) is 120 cm³/mol. The number of nitrogens with two attached hydrogens (primary N) is 1. The number of nitrogens with zero attached hydrogens (tertiary/aromatic N) is 2. The highest BCUT2D eigenvalue weighted by Crippen LogP contribution is 2.26. The van der Waals surface area contributed by atoms with Gasteiger partial charge in [-0.2, -0.15) is 0 Å². The van der Waals surface area contributed by atoms with Crippen molar-refractivity contribution in [3.63, 3.8) is 0 Å². The summed E-state index contributed by atoms with van der Waals surface area (Å²) in [5.74, 6) is -0.0522. The van der Waals surface area contributed by atoms with Crippen LogP contribution in [0.5, 0.6) is 0 Å². The molecule has 0 spiro atoms. The smallest absolute Gasteiger partial charge is 0.255 e. The van der Waals surface area contributed by atoms with Crippen LogP contribution in [0.3, 0.4) is 0 Å². The molecule has 1 aliphatic carbocycles. The van der Waals surface area contributed by atoms with Gasteiger partial charge in [-0.1, -0.05) is 54.6 Å². The number of amides is 1. The molecule has 6 nitrogen and oxygen atoms in total. The largest absolute Gasteiger partial charge is 0.383 e. The van der Waals surface area contributed by atoms with Crippen LogP contribution in [0.15, 0.2) is 66.9 Å². The number of hydrogen-bond acceptors (Lipinski definition) is 4. The zero-order valence-electron chi connectivity index (χ0n) is 17.1. The van der Waals surface area contributed by atoms with Gasteiger partial charge >= 0.3 is 0 Å². The van der Waals surface area contributed by atoms with Crippen molar-refractivity contribution in [2.45, 2.75) is 38.0 Å². The van der Waals surface area contributed by atoms with E-state index in [0.29, 0.717) is 17.9 Å². The lowest BCUT2D eigenvalue weighted by Crippen LogP contribution is -2.41. The topological polar surface area (TPSA) is 81.6 Å². The SMILES string of the molecule is [C-]#[N+]c1ccc(-c2cnc(N)c(C(=O)N[C@H]3CCC[C@@H]3OCc3ccccc3)c2)cc1. The van der Waals surface area contributed by atoms with Crippen LogP contribution in [0, 0.1) is 6.57 Å². The lowest BCUT2D eigenvalue weighted by atomic mass is 10.0. The van der Waals surface area contributed by atoms with Gasteiger partial charge in [-0.15, -0.1) is 0 Å². The van der Waals surface area contributed by atoms with Gasteiger partial charge in [0.2, 0.25) is 0 Å². The van der Waals surface area contributed by atoms with Crippen molar-refractivity contribution >= 4 is 17.4 Å². The first kappa shape index (κ1) is 20.6. The molecule has 0 radical (unpaired) electrons. The number of nitrogens with one attached hydrogen (secondary N) is 1. The van der Waals surface area contributed by atoms with E-state index in [1.165, 1.54) is 0 Å². The van der Waals surface area contributed by atoms with Crippen LogP contribution in [0.25, 0.3) is 16.0 Å². The van der Waals surface area contributed by atoms with Crippen LogP contribution in [-0.2, 0) is 11.3 Å². The summed E-state index contributed by atoms with van der Waals surface area (Å²) in [5.41, 5.74) is 9.69. The highest BCUT2D eigenvalue weighted by molar-refractivity contribution is 5.99. The minimum atomic E-state index is -0.246. The number of ether oxygens (including phenoxy) is 1. The second-order valence-electron chi connectivity index (χ2n) is 7.66. The lowest BCUT2D eigenvalue weighted by molar-refractivity contribution is 0.0272. The second-order valence-corrected chi connectivity index (χ2v) is 7.66. The molecular formula is C25H24N4O2. The van der Waals surface area contributed by atoms with Gasteiger partial charge in [-0.25, -0.2) is 9.83 Å². The van der Waals surface area contributed by atoms with Crippen molar-refractivity contribution in [2.75, 3.05) is 5.73 Å². The van der Waals surface area contributed by atoms with Crippen LogP contribution in [0.4, 0.5) is 11.5 Å². The van der Waals surface area contributed by atoms with Gasteiger partial charge in [-0.3, -0.25) is 4.79 Å². The molecule has 0 unspecified atom stereocenters. The number of anilines is 1. The number of hydrogen-bond donors (Lipinski definition) is 2. The van der Waals surface area contributed by atoms with E-state index < -0.39 is 0 Å². The molecule has 1 amide bonds. The summed E-state index contributed by atoms with van der Waals surface area (Å²) in [6.07, 6.45) is 4.41. The standard InChI is InChI=1S/C25H24N4O2/c1-27-20-12-10-18(11-13-20)19-14-21(24(26)28-15-19)25(30)29-22-8-5-9-23(22)31-16-17-6-3-2-4-7-17/h2-4,6-7,10-15,22-23H,5,8-9,16H2,(H2,26,28)(H,29,30)/t22-,23-/m0/s1. The molecule has 1 fully saturated rings. The first-order valence-electron chi connectivity index (χ1n) is 10.3. The minimum absolute atomic E-state index is 0.0253. The van der Waals surface area contributed by atoms with Crippen LogP contribution in [0.1, 0.15) is 35.2 Å². The third-order valence-corrected chi connectivity index (χ3v) is 5.57. The average molecular weight is 412 g/mol. The van der Waals surface area contributed by atoms with Gasteiger partial charge < -0.3 is 15.8 Å². The van der Waals surface area contributed by atoms with Crippen molar-refractivity contribution in [1.82, 2.24) is 10.3 Å². The third-order valence-electron chi connectivity index (χ3n) is 5.57. The molecule has 4 rings (SSSR count). The number of pyridine rings is 1.